The number of rotatable bonds is 6. The number of halogens is 4. The standard InChI is InChI=1S/C20H20F4N2O2/c1-4-26(5-2)13(11-12-9-7-6-8-10-12)25-19-17(23)15(21)14(20(27)28-3)16(22)18(19)24/h6-10H,4-5,11H2,1-3H3. The molecule has 0 N–H and O–H groups in total. The molecule has 0 saturated heterocycles. The van der Waals surface area contributed by atoms with Gasteiger partial charge in [0.25, 0.3) is 0 Å². The first-order chi connectivity index (χ1) is 13.3. The number of hydrogen-bond acceptors (Lipinski definition) is 3. The fourth-order valence-electron chi connectivity index (χ4n) is 2.72. The third kappa shape index (κ3) is 4.32. The lowest BCUT2D eigenvalue weighted by Crippen LogP contribution is -2.32. The second kappa shape index (κ2) is 9.34. The van der Waals surface area contributed by atoms with Crippen molar-refractivity contribution >= 4 is 17.5 Å². The zero-order chi connectivity index (χ0) is 20.8. The van der Waals surface area contributed by atoms with Crippen LogP contribution in [-0.2, 0) is 11.2 Å². The van der Waals surface area contributed by atoms with E-state index in [9.17, 15) is 22.4 Å². The minimum Gasteiger partial charge on any atom is -0.465 e. The van der Waals surface area contributed by atoms with Gasteiger partial charge in [-0.05, 0) is 19.4 Å². The van der Waals surface area contributed by atoms with Crippen molar-refractivity contribution in [1.29, 1.82) is 0 Å². The van der Waals surface area contributed by atoms with E-state index in [1.54, 1.807) is 29.2 Å². The molecular formula is C20H20F4N2O2. The van der Waals surface area contributed by atoms with Gasteiger partial charge < -0.3 is 9.64 Å². The molecule has 2 aromatic carbocycles. The number of hydrogen-bond donors (Lipinski definition) is 0. The normalized spacial score (nSPS) is 11.5. The predicted octanol–water partition coefficient (Wildman–Crippen LogP) is 4.64. The fraction of sp³-hybridized carbons (Fsp3) is 0.300. The fourth-order valence-corrected chi connectivity index (χ4v) is 2.72. The quantitative estimate of drug-likeness (QED) is 0.235. The maximum atomic E-state index is 14.5. The molecule has 0 bridgehead atoms. The van der Waals surface area contributed by atoms with E-state index in [1.807, 2.05) is 19.9 Å². The third-order valence-corrected chi connectivity index (χ3v) is 4.20. The molecule has 0 unspecified atom stereocenters. The van der Waals surface area contributed by atoms with Gasteiger partial charge in [-0.2, -0.15) is 0 Å². The van der Waals surface area contributed by atoms with Crippen LogP contribution in [0.5, 0.6) is 0 Å². The van der Waals surface area contributed by atoms with Gasteiger partial charge in [-0.1, -0.05) is 30.3 Å². The maximum absolute atomic E-state index is 14.5. The van der Waals surface area contributed by atoms with Crippen molar-refractivity contribution < 1.29 is 27.1 Å². The number of benzene rings is 2. The summed E-state index contributed by atoms with van der Waals surface area (Å²) < 4.78 is 61.5. The van der Waals surface area contributed by atoms with Gasteiger partial charge in [-0.3, -0.25) is 0 Å². The average Bonchev–Trinajstić information content (AvgIpc) is 2.71. The van der Waals surface area contributed by atoms with Gasteiger partial charge in [0.05, 0.1) is 7.11 Å². The van der Waals surface area contributed by atoms with Gasteiger partial charge >= 0.3 is 5.97 Å². The molecule has 150 valence electrons. The summed E-state index contributed by atoms with van der Waals surface area (Å²) in [5.41, 5.74) is -1.74. The summed E-state index contributed by atoms with van der Waals surface area (Å²) in [6.45, 7) is 4.57. The first kappa shape index (κ1) is 21.4. The number of esters is 1. The van der Waals surface area contributed by atoms with E-state index in [1.165, 1.54) is 0 Å². The zero-order valence-corrected chi connectivity index (χ0v) is 15.7. The molecule has 0 heterocycles. The van der Waals surface area contributed by atoms with Crippen molar-refractivity contribution in [2.75, 3.05) is 20.2 Å². The molecule has 0 saturated carbocycles. The molecule has 0 aliphatic heterocycles. The summed E-state index contributed by atoms with van der Waals surface area (Å²) in [4.78, 5) is 17.1. The Labute approximate surface area is 160 Å². The summed E-state index contributed by atoms with van der Waals surface area (Å²) in [6, 6.07) is 9.00. The SMILES string of the molecule is CCN(CC)C(Cc1ccccc1)=Nc1c(F)c(F)c(C(=O)OC)c(F)c1F. The molecule has 0 fully saturated rings. The smallest absolute Gasteiger partial charge is 0.344 e. The number of likely N-dealkylation sites (N-methyl/N-ethyl adjacent to an activating group) is 1. The van der Waals surface area contributed by atoms with E-state index >= 15 is 0 Å². The number of amidine groups is 1. The summed E-state index contributed by atoms with van der Waals surface area (Å²) in [7, 11) is 0.849. The topological polar surface area (TPSA) is 41.9 Å². The maximum Gasteiger partial charge on any atom is 0.344 e. The number of carbonyl (C=O) groups is 1. The summed E-state index contributed by atoms with van der Waals surface area (Å²) in [5.74, 6) is -8.48. The van der Waals surface area contributed by atoms with E-state index in [2.05, 4.69) is 9.73 Å². The number of aliphatic imine (C=N–C) groups is 1. The Bertz CT molecular complexity index is 853. The van der Waals surface area contributed by atoms with Crippen LogP contribution in [0.2, 0.25) is 0 Å². The number of carbonyl (C=O) groups excluding carboxylic acids is 1. The lowest BCUT2D eigenvalue weighted by atomic mass is 10.1. The Kier molecular flexibility index (Phi) is 7.14. The monoisotopic (exact) mass is 396 g/mol. The number of methoxy groups -OCH3 is 1. The van der Waals surface area contributed by atoms with E-state index in [0.29, 0.717) is 13.1 Å². The third-order valence-electron chi connectivity index (χ3n) is 4.20. The molecule has 0 atom stereocenters. The van der Waals surface area contributed by atoms with Crippen molar-refractivity contribution in [1.82, 2.24) is 4.90 Å². The van der Waals surface area contributed by atoms with Gasteiger partial charge in [-0.25, -0.2) is 27.3 Å². The summed E-state index contributed by atoms with van der Waals surface area (Å²) in [5, 5.41) is 0. The summed E-state index contributed by atoms with van der Waals surface area (Å²) in [6.07, 6.45) is 0.198. The minimum atomic E-state index is -1.84. The molecule has 0 aliphatic carbocycles. The minimum absolute atomic E-state index is 0.198. The molecule has 0 spiro atoms. The molecule has 28 heavy (non-hydrogen) atoms. The first-order valence-electron chi connectivity index (χ1n) is 8.66. The van der Waals surface area contributed by atoms with Crippen molar-refractivity contribution in [3.8, 4) is 0 Å². The predicted molar refractivity (Wildman–Crippen MR) is 97.8 cm³/mol. The highest BCUT2D eigenvalue weighted by Gasteiger charge is 2.30. The lowest BCUT2D eigenvalue weighted by molar-refractivity contribution is 0.0587. The van der Waals surface area contributed by atoms with Crippen molar-refractivity contribution in [3.63, 3.8) is 0 Å². The van der Waals surface area contributed by atoms with Crippen LogP contribution in [0.3, 0.4) is 0 Å². The van der Waals surface area contributed by atoms with E-state index in [0.717, 1.165) is 12.7 Å². The van der Waals surface area contributed by atoms with E-state index in [-0.39, 0.29) is 12.3 Å². The zero-order valence-electron chi connectivity index (χ0n) is 15.7. The Hall–Kier alpha value is -2.90. The molecule has 2 rings (SSSR count). The van der Waals surface area contributed by atoms with Gasteiger partial charge in [0.1, 0.15) is 17.1 Å². The molecular weight excluding hydrogens is 376 g/mol. The van der Waals surface area contributed by atoms with E-state index in [4.69, 9.17) is 0 Å². The molecule has 0 aliphatic rings. The number of nitrogens with zero attached hydrogens (tertiary/aromatic N) is 2. The van der Waals surface area contributed by atoms with Crippen LogP contribution in [0, 0.1) is 23.3 Å². The van der Waals surface area contributed by atoms with Crippen LogP contribution in [0.1, 0.15) is 29.8 Å². The number of ether oxygens (including phenoxy) is 1. The van der Waals surface area contributed by atoms with Crippen LogP contribution < -0.4 is 0 Å². The van der Waals surface area contributed by atoms with Crippen LogP contribution in [0.15, 0.2) is 35.3 Å². The lowest BCUT2D eigenvalue weighted by Gasteiger charge is -2.23. The van der Waals surface area contributed by atoms with Gasteiger partial charge in [0.2, 0.25) is 0 Å². The Morgan fingerprint density at radius 1 is 0.964 bits per heavy atom. The molecule has 0 amide bonds. The molecule has 0 radical (unpaired) electrons. The van der Waals surface area contributed by atoms with Crippen molar-refractivity contribution in [2.45, 2.75) is 20.3 Å². The second-order valence-electron chi connectivity index (χ2n) is 5.83. The highest BCUT2D eigenvalue weighted by Crippen LogP contribution is 2.31. The van der Waals surface area contributed by atoms with Crippen molar-refractivity contribution in [3.05, 3.63) is 64.7 Å². The largest absolute Gasteiger partial charge is 0.465 e. The van der Waals surface area contributed by atoms with Crippen LogP contribution in [0.4, 0.5) is 23.2 Å². The highest BCUT2D eigenvalue weighted by atomic mass is 19.2. The van der Waals surface area contributed by atoms with Crippen LogP contribution >= 0.6 is 0 Å². The van der Waals surface area contributed by atoms with Gasteiger partial charge in [0.15, 0.2) is 23.3 Å². The Morgan fingerprint density at radius 2 is 1.50 bits per heavy atom. The van der Waals surface area contributed by atoms with Crippen molar-refractivity contribution in [2.24, 2.45) is 4.99 Å². The Morgan fingerprint density at radius 3 is 1.96 bits per heavy atom. The highest BCUT2D eigenvalue weighted by molar-refractivity contribution is 5.91. The molecule has 0 aromatic heterocycles. The van der Waals surface area contributed by atoms with Crippen LogP contribution in [-0.4, -0.2) is 36.9 Å². The molecule has 2 aromatic rings. The first-order valence-corrected chi connectivity index (χ1v) is 8.66. The Balaban J connectivity index is 2.64. The van der Waals surface area contributed by atoms with E-state index < -0.39 is 40.5 Å². The average molecular weight is 396 g/mol. The van der Waals surface area contributed by atoms with Crippen LogP contribution in [0.25, 0.3) is 0 Å². The second-order valence-corrected chi connectivity index (χ2v) is 5.83. The molecule has 4 nitrogen and oxygen atoms in total. The summed E-state index contributed by atoms with van der Waals surface area (Å²) >= 11 is 0. The molecule has 8 heteroatoms. The van der Waals surface area contributed by atoms with Gasteiger partial charge in [0, 0.05) is 19.5 Å². The van der Waals surface area contributed by atoms with Gasteiger partial charge in [-0.15, -0.1) is 0 Å².